The van der Waals surface area contributed by atoms with Crippen LogP contribution in [0.4, 0.5) is 0 Å². The molecule has 0 unspecified atom stereocenters. The number of aliphatic hydroxyl groups excluding tert-OH is 1. The van der Waals surface area contributed by atoms with E-state index in [-0.39, 0.29) is 5.97 Å². The summed E-state index contributed by atoms with van der Waals surface area (Å²) < 4.78 is 11.7. The van der Waals surface area contributed by atoms with Crippen molar-refractivity contribution in [2.45, 2.75) is 104 Å². The van der Waals surface area contributed by atoms with Crippen molar-refractivity contribution >= 4 is 14.3 Å². The van der Waals surface area contributed by atoms with Gasteiger partial charge in [0.05, 0.1) is 24.7 Å². The fourth-order valence-corrected chi connectivity index (χ4v) is 9.17. The Labute approximate surface area is 156 Å². The third-order valence-corrected chi connectivity index (χ3v) is 11.1. The maximum Gasteiger partial charge on any atom is 0.311 e. The molecule has 0 saturated heterocycles. The molecule has 5 heteroatoms. The summed E-state index contributed by atoms with van der Waals surface area (Å²) in [5.41, 5.74) is 1.12. The minimum atomic E-state index is -1.91. The van der Waals surface area contributed by atoms with Gasteiger partial charge in [-0.2, -0.15) is 0 Å². The Morgan fingerprint density at radius 1 is 0.960 bits per heavy atom. The number of rotatable bonds is 11. The van der Waals surface area contributed by atoms with Crippen molar-refractivity contribution in [1.29, 1.82) is 0 Å². The molecule has 4 nitrogen and oxygen atoms in total. The molecule has 0 aromatic carbocycles. The summed E-state index contributed by atoms with van der Waals surface area (Å²) in [5.74, 6) is -0.169. The van der Waals surface area contributed by atoms with Gasteiger partial charge in [-0.1, -0.05) is 41.5 Å². The molecule has 0 aliphatic carbocycles. The van der Waals surface area contributed by atoms with Crippen LogP contribution in [0.15, 0.2) is 0 Å². The predicted molar refractivity (Wildman–Crippen MR) is 107 cm³/mol. The van der Waals surface area contributed by atoms with E-state index in [1.807, 2.05) is 20.8 Å². The standard InChI is InChI=1S/C20H42O4Si/c1-15(2)25(16(3)4,17(5)6)24-14-18(21)12-10-11-13-23-19(22)20(7,8)9/h15-18,21H,10-14H2,1-9H3/t18-/m0/s1. The molecule has 0 radical (unpaired) electrons. The fourth-order valence-electron chi connectivity index (χ4n) is 3.69. The molecular weight excluding hydrogens is 332 g/mol. The molecule has 1 atom stereocenters. The van der Waals surface area contributed by atoms with Gasteiger partial charge in [0, 0.05) is 0 Å². The van der Waals surface area contributed by atoms with Crippen LogP contribution in [0.25, 0.3) is 0 Å². The van der Waals surface area contributed by atoms with Crippen LogP contribution in [-0.4, -0.2) is 38.7 Å². The molecule has 0 aliphatic rings. The molecule has 0 aromatic rings. The zero-order valence-electron chi connectivity index (χ0n) is 18.0. The van der Waals surface area contributed by atoms with Gasteiger partial charge in [0.2, 0.25) is 0 Å². The summed E-state index contributed by atoms with van der Waals surface area (Å²) in [7, 11) is -1.91. The fraction of sp³-hybridized carbons (Fsp3) is 0.950. The largest absolute Gasteiger partial charge is 0.465 e. The molecule has 150 valence electrons. The van der Waals surface area contributed by atoms with Crippen LogP contribution in [-0.2, 0) is 14.0 Å². The summed E-state index contributed by atoms with van der Waals surface area (Å²) in [5, 5.41) is 10.3. The third-order valence-electron chi connectivity index (χ3n) is 5.01. The zero-order chi connectivity index (χ0) is 19.8. The van der Waals surface area contributed by atoms with E-state index in [0.29, 0.717) is 36.3 Å². The molecule has 0 spiro atoms. The topological polar surface area (TPSA) is 55.8 Å². The second-order valence-electron chi connectivity index (χ2n) is 9.16. The lowest BCUT2D eigenvalue weighted by Crippen LogP contribution is -2.49. The first-order valence-electron chi connectivity index (χ1n) is 9.84. The van der Waals surface area contributed by atoms with Crippen LogP contribution in [0.5, 0.6) is 0 Å². The van der Waals surface area contributed by atoms with E-state index in [0.717, 1.165) is 12.8 Å². The summed E-state index contributed by atoms with van der Waals surface area (Å²) in [6.45, 7) is 19.9. The Hall–Kier alpha value is -0.393. The van der Waals surface area contributed by atoms with Crippen LogP contribution in [0.1, 0.15) is 81.6 Å². The lowest BCUT2D eigenvalue weighted by atomic mass is 9.97. The van der Waals surface area contributed by atoms with Gasteiger partial charge in [-0.25, -0.2) is 0 Å². The van der Waals surface area contributed by atoms with Crippen molar-refractivity contribution < 1.29 is 19.1 Å². The van der Waals surface area contributed by atoms with Crippen molar-refractivity contribution in [3.8, 4) is 0 Å². The quantitative estimate of drug-likeness (QED) is 0.303. The monoisotopic (exact) mass is 374 g/mol. The highest BCUT2D eigenvalue weighted by molar-refractivity contribution is 6.77. The van der Waals surface area contributed by atoms with Crippen molar-refractivity contribution in [2.75, 3.05) is 13.2 Å². The average Bonchev–Trinajstić information content (AvgIpc) is 2.45. The minimum absolute atomic E-state index is 0.169. The minimum Gasteiger partial charge on any atom is -0.465 e. The number of ether oxygens (including phenoxy) is 1. The Morgan fingerprint density at radius 2 is 1.44 bits per heavy atom. The summed E-state index contributed by atoms with van der Waals surface area (Å²) >= 11 is 0. The normalized spacial score (nSPS) is 14.4. The first kappa shape index (κ1) is 24.6. The Morgan fingerprint density at radius 3 is 1.84 bits per heavy atom. The van der Waals surface area contributed by atoms with Gasteiger partial charge in [-0.15, -0.1) is 0 Å². The number of esters is 1. The number of hydrogen-bond donors (Lipinski definition) is 1. The molecule has 0 aliphatic heterocycles. The molecule has 0 heterocycles. The average molecular weight is 375 g/mol. The zero-order valence-corrected chi connectivity index (χ0v) is 19.0. The molecule has 1 N–H and O–H groups in total. The van der Waals surface area contributed by atoms with Crippen LogP contribution in [0, 0.1) is 5.41 Å². The second-order valence-corrected chi connectivity index (χ2v) is 14.6. The molecule has 0 aromatic heterocycles. The predicted octanol–water partition coefficient (Wildman–Crippen LogP) is 5.30. The third kappa shape index (κ3) is 7.79. The van der Waals surface area contributed by atoms with E-state index in [4.69, 9.17) is 9.16 Å². The lowest BCUT2D eigenvalue weighted by Gasteiger charge is -2.42. The van der Waals surface area contributed by atoms with Gasteiger partial charge < -0.3 is 14.3 Å². The smallest absolute Gasteiger partial charge is 0.311 e. The highest BCUT2D eigenvalue weighted by Crippen LogP contribution is 2.42. The highest BCUT2D eigenvalue weighted by atomic mass is 28.4. The van der Waals surface area contributed by atoms with Crippen molar-refractivity contribution in [2.24, 2.45) is 5.41 Å². The number of carbonyl (C=O) groups is 1. The number of carbonyl (C=O) groups excluding carboxylic acids is 1. The van der Waals surface area contributed by atoms with Crippen LogP contribution in [0.2, 0.25) is 16.6 Å². The van der Waals surface area contributed by atoms with Gasteiger partial charge in [-0.3, -0.25) is 4.79 Å². The van der Waals surface area contributed by atoms with Gasteiger partial charge in [-0.05, 0) is 56.7 Å². The first-order chi connectivity index (χ1) is 11.4. The van der Waals surface area contributed by atoms with E-state index in [2.05, 4.69) is 41.5 Å². The van der Waals surface area contributed by atoms with Crippen LogP contribution < -0.4 is 0 Å². The van der Waals surface area contributed by atoms with Gasteiger partial charge in [0.1, 0.15) is 0 Å². The summed E-state index contributed by atoms with van der Waals surface area (Å²) in [4.78, 5) is 11.7. The summed E-state index contributed by atoms with van der Waals surface area (Å²) in [6, 6.07) is 0. The molecule has 0 rings (SSSR count). The molecule has 25 heavy (non-hydrogen) atoms. The summed E-state index contributed by atoms with van der Waals surface area (Å²) in [6.07, 6.45) is 1.86. The van der Waals surface area contributed by atoms with Crippen LogP contribution in [0.3, 0.4) is 0 Å². The molecule has 0 saturated carbocycles. The van der Waals surface area contributed by atoms with Gasteiger partial charge in [0.25, 0.3) is 0 Å². The Balaban J connectivity index is 4.26. The van der Waals surface area contributed by atoms with E-state index < -0.39 is 19.8 Å². The first-order valence-corrected chi connectivity index (χ1v) is 12.0. The molecular formula is C20H42O4Si. The van der Waals surface area contributed by atoms with E-state index in [1.54, 1.807) is 0 Å². The van der Waals surface area contributed by atoms with Crippen molar-refractivity contribution in [1.82, 2.24) is 0 Å². The maximum absolute atomic E-state index is 11.7. The van der Waals surface area contributed by atoms with E-state index in [9.17, 15) is 9.90 Å². The number of hydrogen-bond acceptors (Lipinski definition) is 4. The van der Waals surface area contributed by atoms with Gasteiger partial charge >= 0.3 is 5.97 Å². The second kappa shape index (κ2) is 10.7. The van der Waals surface area contributed by atoms with Crippen molar-refractivity contribution in [3.63, 3.8) is 0 Å². The number of unbranched alkanes of at least 4 members (excludes halogenated alkanes) is 1. The van der Waals surface area contributed by atoms with Gasteiger partial charge in [0.15, 0.2) is 8.32 Å². The van der Waals surface area contributed by atoms with E-state index >= 15 is 0 Å². The molecule has 0 amide bonds. The maximum atomic E-state index is 11.7. The SMILES string of the molecule is CC(C)[Si](OC[C@@H](O)CCCCOC(=O)C(C)(C)C)(C(C)C)C(C)C. The molecule has 0 bridgehead atoms. The molecule has 0 fully saturated rings. The number of aliphatic hydroxyl groups is 1. The Kier molecular flexibility index (Phi) is 10.5. The lowest BCUT2D eigenvalue weighted by molar-refractivity contribution is -0.153. The van der Waals surface area contributed by atoms with Crippen LogP contribution >= 0.6 is 0 Å². The van der Waals surface area contributed by atoms with E-state index in [1.165, 1.54) is 0 Å². The Bertz CT molecular complexity index is 364. The highest BCUT2D eigenvalue weighted by Gasteiger charge is 2.45. The van der Waals surface area contributed by atoms with Crippen molar-refractivity contribution in [3.05, 3.63) is 0 Å².